The third kappa shape index (κ3) is 5.46. The second-order valence-corrected chi connectivity index (χ2v) is 6.13. The van der Waals surface area contributed by atoms with Crippen LogP contribution in [0.3, 0.4) is 0 Å². The minimum Gasteiger partial charge on any atom is -0.369 e. The number of nitrogens with one attached hydrogen (secondary N) is 3. The number of aromatic nitrogens is 3. The summed E-state index contributed by atoms with van der Waals surface area (Å²) < 4.78 is 0. The fourth-order valence-corrected chi connectivity index (χ4v) is 2.61. The van der Waals surface area contributed by atoms with Crippen molar-refractivity contribution in [2.75, 3.05) is 18.4 Å². The normalized spacial score (nSPS) is 12.3. The van der Waals surface area contributed by atoms with Crippen molar-refractivity contribution >= 4 is 35.3 Å². The molecule has 2 aromatic heterocycles. The molecule has 11 nitrogen and oxygen atoms in total. The lowest BCUT2D eigenvalue weighted by Gasteiger charge is -2.11. The van der Waals surface area contributed by atoms with Crippen LogP contribution in [0.25, 0.3) is 0 Å². The summed E-state index contributed by atoms with van der Waals surface area (Å²) in [5.41, 5.74) is 7.83. The highest BCUT2D eigenvalue weighted by molar-refractivity contribution is 7.13. The number of thiazole rings is 1. The molecule has 1 unspecified atom stereocenters. The fourth-order valence-electron chi connectivity index (χ4n) is 1.87. The highest BCUT2D eigenvalue weighted by atomic mass is 32.1. The Bertz CT molecular complexity index is 792. The number of hydrogen-bond donors (Lipinski definition) is 5. The zero-order chi connectivity index (χ0) is 18.9. The van der Waals surface area contributed by atoms with Gasteiger partial charge in [-0.1, -0.05) is 0 Å². The SMILES string of the molecule is CC(NC(=O)c1cc(NCCN=C(N)NN)ncn1)c1ncc(C=O)s1. The first kappa shape index (κ1) is 19.2. The molecule has 0 bridgehead atoms. The average Bonchev–Trinajstić information content (AvgIpc) is 3.14. The number of nitrogens with two attached hydrogens (primary N) is 2. The summed E-state index contributed by atoms with van der Waals surface area (Å²) in [5, 5.41) is 6.42. The van der Waals surface area contributed by atoms with Crippen molar-refractivity contribution in [1.29, 1.82) is 0 Å². The van der Waals surface area contributed by atoms with E-state index in [1.165, 1.54) is 29.9 Å². The molecule has 0 aliphatic heterocycles. The van der Waals surface area contributed by atoms with E-state index in [9.17, 15) is 9.59 Å². The maximum absolute atomic E-state index is 12.3. The Morgan fingerprint density at radius 2 is 2.23 bits per heavy atom. The van der Waals surface area contributed by atoms with Crippen LogP contribution in [0, 0.1) is 0 Å². The molecule has 7 N–H and O–H groups in total. The summed E-state index contributed by atoms with van der Waals surface area (Å²) in [6.45, 7) is 2.60. The van der Waals surface area contributed by atoms with Gasteiger partial charge in [0, 0.05) is 18.8 Å². The number of nitrogens with zero attached hydrogens (tertiary/aromatic N) is 4. The summed E-state index contributed by atoms with van der Waals surface area (Å²) >= 11 is 1.22. The van der Waals surface area contributed by atoms with Gasteiger partial charge >= 0.3 is 0 Å². The summed E-state index contributed by atoms with van der Waals surface area (Å²) in [6, 6.07) is 1.17. The largest absolute Gasteiger partial charge is 0.369 e. The second kappa shape index (κ2) is 9.39. The van der Waals surface area contributed by atoms with Gasteiger partial charge in [0.15, 0.2) is 6.29 Å². The summed E-state index contributed by atoms with van der Waals surface area (Å²) in [4.78, 5) is 39.6. The third-order valence-electron chi connectivity index (χ3n) is 3.12. The summed E-state index contributed by atoms with van der Waals surface area (Å²) in [7, 11) is 0. The van der Waals surface area contributed by atoms with E-state index in [0.29, 0.717) is 28.8 Å². The number of amides is 1. The lowest BCUT2D eigenvalue weighted by atomic mass is 10.3. The quantitative estimate of drug-likeness (QED) is 0.101. The number of aliphatic imine (C=N–C) groups is 1. The molecule has 2 rings (SSSR count). The van der Waals surface area contributed by atoms with E-state index < -0.39 is 0 Å². The molecule has 0 aliphatic carbocycles. The average molecular weight is 377 g/mol. The Labute approximate surface area is 153 Å². The molecular weight excluding hydrogens is 358 g/mol. The fraction of sp³-hybridized carbons (Fsp3) is 0.286. The van der Waals surface area contributed by atoms with Gasteiger partial charge in [-0.05, 0) is 6.92 Å². The summed E-state index contributed by atoms with van der Waals surface area (Å²) in [6.07, 6.45) is 3.48. The Morgan fingerprint density at radius 1 is 1.42 bits per heavy atom. The van der Waals surface area contributed by atoms with Crippen LogP contribution in [0.15, 0.2) is 23.6 Å². The van der Waals surface area contributed by atoms with Gasteiger partial charge in [0.05, 0.1) is 17.5 Å². The minimum atomic E-state index is -0.375. The van der Waals surface area contributed by atoms with Gasteiger partial charge < -0.3 is 16.4 Å². The molecule has 0 spiro atoms. The van der Waals surface area contributed by atoms with E-state index in [2.05, 4.69) is 36.0 Å². The number of carbonyl (C=O) groups is 2. The van der Waals surface area contributed by atoms with Crippen molar-refractivity contribution in [3.63, 3.8) is 0 Å². The predicted molar refractivity (Wildman–Crippen MR) is 97.7 cm³/mol. The minimum absolute atomic E-state index is 0.128. The molecule has 12 heteroatoms. The maximum Gasteiger partial charge on any atom is 0.270 e. The standard InChI is InChI=1S/C14H19N9O2S/c1-8(13-19-5-9(6-24)26-13)22-12(25)10-4-11(21-7-20-10)17-2-3-18-14(15)23-16/h4-8H,2-3,16H2,1H3,(H,22,25)(H3,15,18,23)(H,17,20,21). The highest BCUT2D eigenvalue weighted by Crippen LogP contribution is 2.19. The van der Waals surface area contributed by atoms with Crippen LogP contribution in [0.4, 0.5) is 5.82 Å². The summed E-state index contributed by atoms with van der Waals surface area (Å²) in [5.74, 6) is 5.33. The number of guanidine groups is 1. The molecule has 0 aliphatic rings. The Morgan fingerprint density at radius 3 is 2.92 bits per heavy atom. The van der Waals surface area contributed by atoms with Crippen molar-refractivity contribution in [1.82, 2.24) is 25.7 Å². The third-order valence-corrected chi connectivity index (χ3v) is 4.23. The van der Waals surface area contributed by atoms with E-state index in [1.807, 2.05) is 0 Å². The molecule has 26 heavy (non-hydrogen) atoms. The lowest BCUT2D eigenvalue weighted by molar-refractivity contribution is 0.0934. The smallest absolute Gasteiger partial charge is 0.270 e. The van der Waals surface area contributed by atoms with Crippen molar-refractivity contribution in [2.24, 2.45) is 16.6 Å². The number of anilines is 1. The van der Waals surface area contributed by atoms with Gasteiger partial charge in [-0.3, -0.25) is 20.0 Å². The molecular formula is C14H19N9O2S. The first-order valence-electron chi connectivity index (χ1n) is 7.57. The molecule has 0 saturated heterocycles. The van der Waals surface area contributed by atoms with E-state index in [0.717, 1.165) is 6.29 Å². The molecule has 138 valence electrons. The predicted octanol–water partition coefficient (Wildman–Crippen LogP) is -0.573. The molecule has 1 amide bonds. The van der Waals surface area contributed by atoms with E-state index >= 15 is 0 Å². The number of hydrogen-bond acceptors (Lipinski definition) is 9. The molecule has 0 radical (unpaired) electrons. The van der Waals surface area contributed by atoms with Crippen LogP contribution < -0.4 is 27.6 Å². The van der Waals surface area contributed by atoms with Crippen LogP contribution in [-0.2, 0) is 0 Å². The van der Waals surface area contributed by atoms with Gasteiger partial charge in [0.2, 0.25) is 5.96 Å². The zero-order valence-corrected chi connectivity index (χ0v) is 14.8. The van der Waals surface area contributed by atoms with Crippen molar-refractivity contribution in [3.05, 3.63) is 34.2 Å². The number of rotatable bonds is 8. The van der Waals surface area contributed by atoms with Gasteiger partial charge in [-0.25, -0.2) is 20.8 Å². The van der Waals surface area contributed by atoms with Crippen LogP contribution in [0.5, 0.6) is 0 Å². The molecule has 0 saturated carbocycles. The van der Waals surface area contributed by atoms with Crippen LogP contribution >= 0.6 is 11.3 Å². The first-order valence-corrected chi connectivity index (χ1v) is 8.39. The Hall–Kier alpha value is -3.12. The second-order valence-electron chi connectivity index (χ2n) is 5.04. The van der Waals surface area contributed by atoms with Gasteiger partial charge in [0.25, 0.3) is 5.91 Å². The topological polar surface area (TPSA) is 173 Å². The lowest BCUT2D eigenvalue weighted by Crippen LogP contribution is -2.37. The highest BCUT2D eigenvalue weighted by Gasteiger charge is 2.16. The van der Waals surface area contributed by atoms with E-state index in [1.54, 1.807) is 6.92 Å². The van der Waals surface area contributed by atoms with Crippen molar-refractivity contribution in [2.45, 2.75) is 13.0 Å². The Kier molecular flexibility index (Phi) is 6.93. The molecule has 2 heterocycles. The van der Waals surface area contributed by atoms with E-state index in [-0.39, 0.29) is 23.6 Å². The van der Waals surface area contributed by atoms with Crippen molar-refractivity contribution in [3.8, 4) is 0 Å². The van der Waals surface area contributed by atoms with E-state index in [4.69, 9.17) is 11.6 Å². The number of carbonyl (C=O) groups excluding carboxylic acids is 2. The molecule has 0 fully saturated rings. The van der Waals surface area contributed by atoms with Gasteiger partial charge in [-0.15, -0.1) is 11.3 Å². The van der Waals surface area contributed by atoms with Gasteiger partial charge in [0.1, 0.15) is 22.8 Å². The molecule has 1 atom stereocenters. The molecule has 2 aromatic rings. The van der Waals surface area contributed by atoms with Crippen molar-refractivity contribution < 1.29 is 9.59 Å². The zero-order valence-electron chi connectivity index (χ0n) is 14.0. The monoisotopic (exact) mass is 377 g/mol. The van der Waals surface area contributed by atoms with Crippen LogP contribution in [-0.4, -0.2) is 46.2 Å². The first-order chi connectivity index (χ1) is 12.5. The Balaban J connectivity index is 1.93. The number of hydrazine groups is 1. The maximum atomic E-state index is 12.3. The molecule has 0 aromatic carbocycles. The van der Waals surface area contributed by atoms with Crippen LogP contribution in [0.1, 0.15) is 38.1 Å². The number of aldehydes is 1. The van der Waals surface area contributed by atoms with Crippen LogP contribution in [0.2, 0.25) is 0 Å². The van der Waals surface area contributed by atoms with Gasteiger partial charge in [-0.2, -0.15) is 0 Å².